The molecular weight excluding hydrogens is 288 g/mol. The molecule has 0 bridgehead atoms. The second-order valence-corrected chi connectivity index (χ2v) is 7.65. The average Bonchev–Trinajstić information content (AvgIpc) is 2.24. The van der Waals surface area contributed by atoms with E-state index < -0.39 is 20.0 Å². The summed E-state index contributed by atoms with van der Waals surface area (Å²) in [5.41, 5.74) is 0.362. The van der Waals surface area contributed by atoms with Gasteiger partial charge in [0, 0.05) is 17.0 Å². The fourth-order valence-electron chi connectivity index (χ4n) is 2.08. The van der Waals surface area contributed by atoms with Gasteiger partial charge >= 0.3 is 0 Å². The zero-order chi connectivity index (χ0) is 14.4. The van der Waals surface area contributed by atoms with E-state index in [0.29, 0.717) is 5.56 Å². The fraction of sp³-hybridized carbons (Fsp3) is 0.167. The summed E-state index contributed by atoms with van der Waals surface area (Å²) in [6, 6.07) is 7.34. The molecule has 0 aliphatic heterocycles. The molecule has 0 heterocycles. The van der Waals surface area contributed by atoms with E-state index in [1.54, 1.807) is 0 Å². The Bertz CT molecular complexity index is 864. The van der Waals surface area contributed by atoms with Crippen LogP contribution in [0.3, 0.4) is 0 Å². The second kappa shape index (κ2) is 4.29. The molecule has 0 atom stereocenters. The van der Waals surface area contributed by atoms with Crippen LogP contribution in [0.4, 0.5) is 0 Å². The Morgan fingerprint density at radius 1 is 0.947 bits per heavy atom. The van der Waals surface area contributed by atoms with Gasteiger partial charge in [-0.05, 0) is 18.6 Å². The number of aryl methyl sites for hydroxylation is 1. The Kier molecular flexibility index (Phi) is 3.16. The second-order valence-electron chi connectivity index (χ2n) is 4.31. The Morgan fingerprint density at radius 3 is 2.11 bits per heavy atom. The lowest BCUT2D eigenvalue weighted by molar-refractivity contribution is 0.483. The molecule has 2 aromatic rings. The van der Waals surface area contributed by atoms with Gasteiger partial charge in [0.25, 0.3) is 10.1 Å². The van der Waals surface area contributed by atoms with Gasteiger partial charge < -0.3 is 0 Å². The van der Waals surface area contributed by atoms with Crippen molar-refractivity contribution in [2.45, 2.75) is 16.7 Å². The first-order valence-electron chi connectivity index (χ1n) is 5.32. The molecular formula is C12H12O5S2. The number of fused-ring (bicyclic) bond motifs is 1. The summed E-state index contributed by atoms with van der Waals surface area (Å²) in [5, 5.41) is 0.480. The molecule has 0 saturated heterocycles. The minimum absolute atomic E-state index is 0.0369. The van der Waals surface area contributed by atoms with Crippen molar-refractivity contribution in [2.24, 2.45) is 0 Å². The van der Waals surface area contributed by atoms with Crippen molar-refractivity contribution in [2.75, 3.05) is 6.26 Å². The predicted molar refractivity (Wildman–Crippen MR) is 71.6 cm³/mol. The number of sulfone groups is 1. The molecule has 19 heavy (non-hydrogen) atoms. The Labute approximate surface area is 111 Å². The Hall–Kier alpha value is -1.44. The molecule has 0 unspecified atom stereocenters. The van der Waals surface area contributed by atoms with Crippen molar-refractivity contribution < 1.29 is 21.4 Å². The maximum Gasteiger partial charge on any atom is 0.295 e. The molecule has 0 fully saturated rings. The standard InChI is InChI=1S/C12H12O5S2/c1-8-6-7-9-10(12(8)19(15,16)17)4-3-5-11(9)18(2,13)14/h3-7H,1-2H3,(H,15,16,17). The lowest BCUT2D eigenvalue weighted by Gasteiger charge is -2.10. The first-order chi connectivity index (χ1) is 8.62. The number of rotatable bonds is 2. The van der Waals surface area contributed by atoms with Gasteiger partial charge in [0.05, 0.1) is 4.90 Å². The highest BCUT2D eigenvalue weighted by atomic mass is 32.2. The van der Waals surface area contributed by atoms with Crippen LogP contribution in [0.2, 0.25) is 0 Å². The molecule has 0 aliphatic carbocycles. The zero-order valence-corrected chi connectivity index (χ0v) is 11.9. The number of hydrogen-bond acceptors (Lipinski definition) is 4. The van der Waals surface area contributed by atoms with Crippen molar-refractivity contribution in [1.82, 2.24) is 0 Å². The van der Waals surface area contributed by atoms with Crippen molar-refractivity contribution in [3.05, 3.63) is 35.9 Å². The van der Waals surface area contributed by atoms with E-state index in [2.05, 4.69) is 0 Å². The summed E-state index contributed by atoms with van der Waals surface area (Å²) in [7, 11) is -7.90. The Morgan fingerprint density at radius 2 is 1.58 bits per heavy atom. The highest BCUT2D eigenvalue weighted by molar-refractivity contribution is 7.91. The fourth-order valence-corrected chi connectivity index (χ4v) is 3.91. The first-order valence-corrected chi connectivity index (χ1v) is 8.65. The van der Waals surface area contributed by atoms with Crippen LogP contribution < -0.4 is 0 Å². The molecule has 2 aromatic carbocycles. The van der Waals surface area contributed by atoms with E-state index in [9.17, 15) is 21.4 Å². The predicted octanol–water partition coefficient (Wildman–Crippen LogP) is 1.80. The van der Waals surface area contributed by atoms with Crippen LogP contribution in [0, 0.1) is 6.92 Å². The van der Waals surface area contributed by atoms with Gasteiger partial charge in [0.1, 0.15) is 4.90 Å². The van der Waals surface area contributed by atoms with Crippen LogP contribution in [-0.2, 0) is 20.0 Å². The van der Waals surface area contributed by atoms with Crippen LogP contribution in [0.5, 0.6) is 0 Å². The molecule has 0 aromatic heterocycles. The lowest BCUT2D eigenvalue weighted by Crippen LogP contribution is -2.04. The summed E-state index contributed by atoms with van der Waals surface area (Å²) < 4.78 is 55.5. The third kappa shape index (κ3) is 2.49. The van der Waals surface area contributed by atoms with E-state index in [-0.39, 0.29) is 20.6 Å². The number of benzene rings is 2. The minimum Gasteiger partial charge on any atom is -0.282 e. The molecule has 0 saturated carbocycles. The largest absolute Gasteiger partial charge is 0.295 e. The van der Waals surface area contributed by atoms with Crippen LogP contribution in [0.25, 0.3) is 10.8 Å². The third-order valence-electron chi connectivity index (χ3n) is 2.83. The zero-order valence-electron chi connectivity index (χ0n) is 10.3. The van der Waals surface area contributed by atoms with Gasteiger partial charge in [-0.1, -0.05) is 24.3 Å². The highest BCUT2D eigenvalue weighted by Gasteiger charge is 2.20. The normalized spacial score (nSPS) is 12.8. The molecule has 1 N–H and O–H groups in total. The van der Waals surface area contributed by atoms with Crippen molar-refractivity contribution in [1.29, 1.82) is 0 Å². The van der Waals surface area contributed by atoms with Gasteiger partial charge in [0.2, 0.25) is 0 Å². The van der Waals surface area contributed by atoms with Crippen LogP contribution >= 0.6 is 0 Å². The van der Waals surface area contributed by atoms with Gasteiger partial charge in [-0.2, -0.15) is 8.42 Å². The first kappa shape index (κ1) is 14.0. The van der Waals surface area contributed by atoms with Crippen LogP contribution in [0.1, 0.15) is 5.56 Å². The average molecular weight is 300 g/mol. The maximum absolute atomic E-state index is 11.7. The smallest absolute Gasteiger partial charge is 0.282 e. The number of hydrogen-bond donors (Lipinski definition) is 1. The molecule has 0 radical (unpaired) electrons. The van der Waals surface area contributed by atoms with Gasteiger partial charge in [-0.25, -0.2) is 8.42 Å². The Balaban J connectivity index is 3.07. The highest BCUT2D eigenvalue weighted by Crippen LogP contribution is 2.30. The monoisotopic (exact) mass is 300 g/mol. The maximum atomic E-state index is 11.7. The summed E-state index contributed by atoms with van der Waals surface area (Å²) >= 11 is 0. The minimum atomic E-state index is -4.42. The summed E-state index contributed by atoms with van der Waals surface area (Å²) in [4.78, 5) is -0.217. The van der Waals surface area contributed by atoms with Gasteiger partial charge in [0.15, 0.2) is 9.84 Å². The van der Waals surface area contributed by atoms with Gasteiger partial charge in [-0.15, -0.1) is 0 Å². The van der Waals surface area contributed by atoms with E-state index in [0.717, 1.165) is 6.26 Å². The van der Waals surface area contributed by atoms with E-state index >= 15 is 0 Å². The van der Waals surface area contributed by atoms with E-state index in [1.165, 1.54) is 37.3 Å². The SMILES string of the molecule is Cc1ccc2c(S(C)(=O)=O)cccc2c1S(=O)(=O)O. The van der Waals surface area contributed by atoms with Gasteiger partial charge in [-0.3, -0.25) is 4.55 Å². The molecule has 0 aliphatic rings. The van der Waals surface area contributed by atoms with Crippen molar-refractivity contribution >= 4 is 30.7 Å². The third-order valence-corrected chi connectivity index (χ3v) is 5.04. The molecule has 5 nitrogen and oxygen atoms in total. The molecule has 7 heteroatoms. The molecule has 102 valence electrons. The molecule has 2 rings (SSSR count). The van der Waals surface area contributed by atoms with E-state index in [4.69, 9.17) is 0 Å². The van der Waals surface area contributed by atoms with E-state index in [1.807, 2.05) is 0 Å². The topological polar surface area (TPSA) is 88.5 Å². The van der Waals surface area contributed by atoms with Crippen LogP contribution in [-0.4, -0.2) is 27.6 Å². The summed E-state index contributed by atoms with van der Waals surface area (Å²) in [6.07, 6.45) is 1.05. The quantitative estimate of drug-likeness (QED) is 0.854. The lowest BCUT2D eigenvalue weighted by atomic mass is 10.1. The van der Waals surface area contributed by atoms with Crippen molar-refractivity contribution in [3.8, 4) is 0 Å². The molecule has 0 amide bonds. The van der Waals surface area contributed by atoms with Crippen LogP contribution in [0.15, 0.2) is 40.1 Å². The van der Waals surface area contributed by atoms with Crippen molar-refractivity contribution in [3.63, 3.8) is 0 Å². The summed E-state index contributed by atoms with van der Waals surface area (Å²) in [5.74, 6) is 0. The summed E-state index contributed by atoms with van der Waals surface area (Å²) in [6.45, 7) is 1.54. The molecule has 0 spiro atoms.